The van der Waals surface area contributed by atoms with Crippen molar-refractivity contribution in [3.8, 4) is 0 Å². The van der Waals surface area contributed by atoms with Crippen LogP contribution in [0.3, 0.4) is 0 Å². The number of hydrogen-bond donors (Lipinski definition) is 2. The van der Waals surface area contributed by atoms with Gasteiger partial charge in [-0.1, -0.05) is 25.5 Å². The van der Waals surface area contributed by atoms with Gasteiger partial charge in [0.25, 0.3) is 0 Å². The molecular weight excluding hydrogens is 462 g/mol. The second-order valence-electron chi connectivity index (χ2n) is 13.2. The number of amides is 2. The first-order chi connectivity index (χ1) is 17.9. The number of fused-ring (bicyclic) bond motifs is 5. The molecule has 3 saturated carbocycles. The molecular formula is C31H45N3O3. The van der Waals surface area contributed by atoms with E-state index >= 15 is 0 Å². The minimum Gasteiger partial charge on any atom is -0.431 e. The zero-order valence-corrected chi connectivity index (χ0v) is 22.8. The van der Waals surface area contributed by atoms with Gasteiger partial charge in [0.15, 0.2) is 0 Å². The van der Waals surface area contributed by atoms with Crippen molar-refractivity contribution in [1.29, 1.82) is 0 Å². The fraction of sp³-hybridized carbons (Fsp3) is 0.742. The number of hydrogen-bond acceptors (Lipinski definition) is 4. The van der Waals surface area contributed by atoms with Gasteiger partial charge in [0.2, 0.25) is 0 Å². The number of carbonyl (C=O) groups is 1. The highest BCUT2D eigenvalue weighted by Gasteiger charge is 2.57. The predicted molar refractivity (Wildman–Crippen MR) is 145 cm³/mol. The van der Waals surface area contributed by atoms with E-state index in [2.05, 4.69) is 35.5 Å². The zero-order chi connectivity index (χ0) is 25.6. The smallest absolute Gasteiger partial charge is 0.335 e. The quantitative estimate of drug-likeness (QED) is 0.520. The first kappa shape index (κ1) is 25.2. The molecule has 0 unspecified atom stereocenters. The van der Waals surface area contributed by atoms with Gasteiger partial charge in [-0.25, -0.2) is 9.59 Å². The maximum atomic E-state index is 12.6. The third kappa shape index (κ3) is 4.57. The molecule has 0 radical (unpaired) electrons. The summed E-state index contributed by atoms with van der Waals surface area (Å²) in [5.74, 6) is 2.54. The average molecular weight is 508 g/mol. The number of urea groups is 1. The van der Waals surface area contributed by atoms with Crippen LogP contribution in [0.1, 0.15) is 89.5 Å². The number of rotatable bonds is 5. The molecule has 0 spiro atoms. The van der Waals surface area contributed by atoms with Crippen LogP contribution in [0.4, 0.5) is 4.79 Å². The molecule has 6 nitrogen and oxygen atoms in total. The van der Waals surface area contributed by atoms with Crippen molar-refractivity contribution in [1.82, 2.24) is 15.5 Å². The third-order valence-electron chi connectivity index (χ3n) is 11.4. The highest BCUT2D eigenvalue weighted by molar-refractivity contribution is 5.74. The fourth-order valence-corrected chi connectivity index (χ4v) is 9.36. The second-order valence-corrected chi connectivity index (χ2v) is 13.2. The lowest BCUT2D eigenvalue weighted by Gasteiger charge is -2.60. The van der Waals surface area contributed by atoms with Crippen LogP contribution >= 0.6 is 0 Å². The highest BCUT2D eigenvalue weighted by Crippen LogP contribution is 2.67. The molecule has 1 aromatic rings. The van der Waals surface area contributed by atoms with E-state index in [0.29, 0.717) is 29.2 Å². The minimum atomic E-state index is -0.264. The van der Waals surface area contributed by atoms with Crippen LogP contribution in [0.5, 0.6) is 0 Å². The van der Waals surface area contributed by atoms with Crippen LogP contribution in [-0.2, 0) is 0 Å². The first-order valence-electron chi connectivity index (χ1n) is 14.9. The Bertz CT molecular complexity index is 1070. The Morgan fingerprint density at radius 3 is 2.73 bits per heavy atom. The molecule has 5 aliphatic rings. The average Bonchev–Trinajstić information content (AvgIpc) is 3.52. The van der Waals surface area contributed by atoms with Gasteiger partial charge in [-0.2, -0.15) is 0 Å². The predicted octanol–water partition coefficient (Wildman–Crippen LogP) is 5.45. The molecule has 202 valence electrons. The Labute approximate surface area is 221 Å². The summed E-state index contributed by atoms with van der Waals surface area (Å²) >= 11 is 0. The van der Waals surface area contributed by atoms with Crippen molar-refractivity contribution in [2.75, 3.05) is 26.2 Å². The van der Waals surface area contributed by atoms with E-state index in [0.717, 1.165) is 38.3 Å². The molecule has 2 N–H and O–H groups in total. The number of nitrogens with zero attached hydrogens (tertiary/aromatic N) is 1. The van der Waals surface area contributed by atoms with Crippen LogP contribution in [0.25, 0.3) is 0 Å². The standard InChI is InChI=1S/C31H45N3O3/c1-30-13-11-23(33-29(36)32-15-18-34-16-3-4-17-34)19-22(30)6-7-24-26-9-8-25(21-5-10-28(35)37-20-21)31(26,2)14-12-27(24)30/h5,9-10,20,22-25,27H,3-4,6-8,11-19H2,1-2H3,(H2,32,33,36)/t22-,23+,24+,25-,27+,30+,31-/m1/s1. The molecule has 6 rings (SSSR count). The maximum absolute atomic E-state index is 12.6. The Balaban J connectivity index is 1.07. The van der Waals surface area contributed by atoms with E-state index in [1.165, 1.54) is 63.6 Å². The molecule has 4 aliphatic carbocycles. The SMILES string of the molecule is C[C@]12CC[C@H](NC(=O)NCCN3CCCC3)C[C@H]1CC[C@H]1C3=CC[C@H](c4ccc(=O)oc4)[C@@]3(C)CC[C@@H]12. The maximum Gasteiger partial charge on any atom is 0.335 e. The molecule has 2 amide bonds. The van der Waals surface area contributed by atoms with Crippen LogP contribution in [-0.4, -0.2) is 43.2 Å². The molecule has 2 heterocycles. The fourth-order valence-electron chi connectivity index (χ4n) is 9.36. The molecule has 7 atom stereocenters. The third-order valence-corrected chi connectivity index (χ3v) is 11.4. The molecule has 1 aromatic heterocycles. The first-order valence-corrected chi connectivity index (χ1v) is 14.9. The van der Waals surface area contributed by atoms with Gasteiger partial charge in [-0.3, -0.25) is 0 Å². The van der Waals surface area contributed by atoms with Crippen LogP contribution in [0.15, 0.2) is 39.3 Å². The topological polar surface area (TPSA) is 74.6 Å². The normalized spacial score (nSPS) is 39.3. The Morgan fingerprint density at radius 2 is 1.95 bits per heavy atom. The van der Waals surface area contributed by atoms with Gasteiger partial charge in [0.05, 0.1) is 6.26 Å². The lowest BCUT2D eigenvalue weighted by Crippen LogP contribution is -2.54. The van der Waals surface area contributed by atoms with Gasteiger partial charge in [-0.05, 0) is 123 Å². The van der Waals surface area contributed by atoms with E-state index in [-0.39, 0.29) is 17.1 Å². The lowest BCUT2D eigenvalue weighted by molar-refractivity contribution is -0.0585. The summed E-state index contributed by atoms with van der Waals surface area (Å²) in [5.41, 5.74) is 3.15. The summed E-state index contributed by atoms with van der Waals surface area (Å²) in [6.07, 6.45) is 16.4. The van der Waals surface area contributed by atoms with E-state index in [4.69, 9.17) is 4.42 Å². The molecule has 1 aliphatic heterocycles. The van der Waals surface area contributed by atoms with Crippen LogP contribution < -0.4 is 16.3 Å². The Kier molecular flexibility index (Phi) is 6.75. The highest BCUT2D eigenvalue weighted by atomic mass is 16.4. The van der Waals surface area contributed by atoms with Crippen molar-refractivity contribution < 1.29 is 9.21 Å². The number of carbonyl (C=O) groups excluding carboxylic acids is 1. The molecule has 4 fully saturated rings. The molecule has 0 bridgehead atoms. The van der Waals surface area contributed by atoms with Crippen molar-refractivity contribution >= 4 is 6.03 Å². The molecule has 0 aromatic carbocycles. The second kappa shape index (κ2) is 9.91. The van der Waals surface area contributed by atoms with Crippen molar-refractivity contribution in [3.05, 3.63) is 46.0 Å². The van der Waals surface area contributed by atoms with E-state index in [1.54, 1.807) is 17.9 Å². The van der Waals surface area contributed by atoms with Gasteiger partial charge >= 0.3 is 11.7 Å². The summed E-state index contributed by atoms with van der Waals surface area (Å²) in [6.45, 7) is 9.10. The van der Waals surface area contributed by atoms with Crippen molar-refractivity contribution in [3.63, 3.8) is 0 Å². The van der Waals surface area contributed by atoms with Crippen molar-refractivity contribution in [2.45, 2.75) is 90.0 Å². The van der Waals surface area contributed by atoms with Crippen LogP contribution in [0, 0.1) is 28.6 Å². The Morgan fingerprint density at radius 1 is 1.11 bits per heavy atom. The van der Waals surface area contributed by atoms with Crippen LogP contribution in [0.2, 0.25) is 0 Å². The zero-order valence-electron chi connectivity index (χ0n) is 22.8. The Hall–Kier alpha value is -2.08. The molecule has 37 heavy (non-hydrogen) atoms. The molecule has 1 saturated heterocycles. The molecule has 6 heteroatoms. The summed E-state index contributed by atoms with van der Waals surface area (Å²) in [7, 11) is 0. The van der Waals surface area contributed by atoms with Gasteiger partial charge in [0, 0.05) is 25.2 Å². The van der Waals surface area contributed by atoms with E-state index in [9.17, 15) is 9.59 Å². The minimum absolute atomic E-state index is 0.0221. The lowest BCUT2D eigenvalue weighted by atomic mass is 9.45. The summed E-state index contributed by atoms with van der Waals surface area (Å²) in [6, 6.07) is 3.89. The summed E-state index contributed by atoms with van der Waals surface area (Å²) < 4.78 is 5.26. The number of nitrogens with one attached hydrogen (secondary N) is 2. The number of likely N-dealkylation sites (tertiary alicyclic amines) is 1. The van der Waals surface area contributed by atoms with E-state index < -0.39 is 0 Å². The van der Waals surface area contributed by atoms with Gasteiger partial charge in [0.1, 0.15) is 0 Å². The summed E-state index contributed by atoms with van der Waals surface area (Å²) in [5, 5.41) is 6.44. The van der Waals surface area contributed by atoms with Crippen molar-refractivity contribution in [2.24, 2.45) is 28.6 Å². The van der Waals surface area contributed by atoms with Gasteiger partial charge < -0.3 is 20.0 Å². The van der Waals surface area contributed by atoms with Gasteiger partial charge in [-0.15, -0.1) is 0 Å². The number of allylic oxidation sites excluding steroid dienone is 2. The largest absolute Gasteiger partial charge is 0.431 e. The summed E-state index contributed by atoms with van der Waals surface area (Å²) in [4.78, 5) is 26.6. The van der Waals surface area contributed by atoms with E-state index in [1.807, 2.05) is 6.07 Å². The monoisotopic (exact) mass is 507 g/mol.